The maximum Gasteiger partial charge on any atom is 0.272 e. The summed E-state index contributed by atoms with van der Waals surface area (Å²) in [5, 5.41) is 0.383. The van der Waals surface area contributed by atoms with E-state index < -0.39 is 0 Å². The average molecular weight is 334 g/mol. The van der Waals surface area contributed by atoms with Crippen molar-refractivity contribution < 1.29 is 9.47 Å². The lowest BCUT2D eigenvalue weighted by molar-refractivity contribution is 0.174. The molecule has 25 heavy (non-hydrogen) atoms. The molecule has 6 nitrogen and oxygen atoms in total. The Kier molecular flexibility index (Phi) is 3.70. The Bertz CT molecular complexity index is 1160. The van der Waals surface area contributed by atoms with Gasteiger partial charge in [-0.2, -0.15) is 0 Å². The molecule has 1 aliphatic heterocycles. The zero-order valence-electron chi connectivity index (χ0n) is 13.1. The molecular weight excluding hydrogens is 320 g/mol. The topological polar surface area (TPSA) is 84.2 Å². The van der Waals surface area contributed by atoms with Gasteiger partial charge in [0.2, 0.25) is 6.79 Å². The van der Waals surface area contributed by atoms with Crippen LogP contribution in [0.4, 0.5) is 0 Å². The van der Waals surface area contributed by atoms with Crippen LogP contribution in [0.2, 0.25) is 0 Å². The van der Waals surface area contributed by atoms with Gasteiger partial charge in [-0.05, 0) is 35.4 Å². The van der Waals surface area contributed by atoms with Gasteiger partial charge in [0, 0.05) is 0 Å². The number of aromatic nitrogens is 2. The molecule has 2 aromatic carbocycles. The van der Waals surface area contributed by atoms with Crippen molar-refractivity contribution >= 4 is 12.2 Å². The van der Waals surface area contributed by atoms with Crippen molar-refractivity contribution in [2.45, 2.75) is 0 Å². The Balaban J connectivity index is 1.80. The number of hydrogen-bond donors (Lipinski definition) is 2. The van der Waals surface area contributed by atoms with Gasteiger partial charge >= 0.3 is 0 Å². The van der Waals surface area contributed by atoms with Crippen LogP contribution in [0.1, 0.15) is 11.1 Å². The first-order valence-corrected chi connectivity index (χ1v) is 7.70. The lowest BCUT2D eigenvalue weighted by Gasteiger charge is -1.97. The lowest BCUT2D eigenvalue weighted by atomic mass is 10.2. The summed E-state index contributed by atoms with van der Waals surface area (Å²) in [5.41, 5.74) is 0.816. The number of ether oxygens (including phenoxy) is 2. The van der Waals surface area contributed by atoms with Crippen molar-refractivity contribution in [1.82, 2.24) is 9.97 Å². The summed E-state index contributed by atoms with van der Waals surface area (Å²) < 4.78 is 10.6. The first-order valence-electron chi connectivity index (χ1n) is 7.70. The van der Waals surface area contributed by atoms with Gasteiger partial charge in [0.15, 0.2) is 11.5 Å². The Morgan fingerprint density at radius 2 is 1.40 bits per heavy atom. The first-order chi connectivity index (χ1) is 12.2. The third-order valence-electron chi connectivity index (χ3n) is 3.80. The predicted octanol–water partition coefficient (Wildman–Crippen LogP) is 0.449. The minimum atomic E-state index is -0.376. The van der Waals surface area contributed by atoms with E-state index in [1.54, 1.807) is 30.4 Å². The van der Waals surface area contributed by atoms with E-state index in [1.807, 2.05) is 30.3 Å². The van der Waals surface area contributed by atoms with Crippen molar-refractivity contribution in [1.29, 1.82) is 0 Å². The molecule has 124 valence electrons. The van der Waals surface area contributed by atoms with Crippen LogP contribution in [-0.2, 0) is 0 Å². The molecule has 3 aromatic rings. The maximum absolute atomic E-state index is 12.3. The highest BCUT2D eigenvalue weighted by atomic mass is 16.7. The second-order valence-corrected chi connectivity index (χ2v) is 5.55. The van der Waals surface area contributed by atoms with Crippen LogP contribution in [0.25, 0.3) is 12.2 Å². The van der Waals surface area contributed by atoms with Crippen molar-refractivity contribution in [2.24, 2.45) is 0 Å². The zero-order chi connectivity index (χ0) is 17.2. The molecule has 0 aliphatic carbocycles. The first kappa shape index (κ1) is 15.0. The van der Waals surface area contributed by atoms with E-state index in [2.05, 4.69) is 9.97 Å². The van der Waals surface area contributed by atoms with Crippen LogP contribution in [0.3, 0.4) is 0 Å². The molecule has 0 atom stereocenters. The summed E-state index contributed by atoms with van der Waals surface area (Å²) in [6.45, 7) is 0.181. The van der Waals surface area contributed by atoms with Crippen molar-refractivity contribution in [3.63, 3.8) is 0 Å². The van der Waals surface area contributed by atoms with Gasteiger partial charge in [-0.3, -0.25) is 9.59 Å². The molecule has 1 aromatic heterocycles. The molecule has 0 radical (unpaired) electrons. The van der Waals surface area contributed by atoms with Crippen LogP contribution in [0.5, 0.6) is 11.5 Å². The molecule has 4 rings (SSSR count). The standard InChI is InChI=1S/C19H14N2O4/c22-18-14(8-12-4-2-1-3-5-12)20-19(23)15(21-18)9-13-6-7-16-17(10-13)25-11-24-16/h1-10H,11H2,(H,20,23)(H,21,22). The van der Waals surface area contributed by atoms with E-state index in [4.69, 9.17) is 9.47 Å². The molecule has 0 saturated carbocycles. The maximum atomic E-state index is 12.3. The van der Waals surface area contributed by atoms with Gasteiger partial charge in [0.05, 0.1) is 0 Å². The van der Waals surface area contributed by atoms with Gasteiger partial charge in [-0.1, -0.05) is 36.4 Å². The molecule has 0 amide bonds. The lowest BCUT2D eigenvalue weighted by Crippen LogP contribution is -2.46. The number of hydrogen-bond acceptors (Lipinski definition) is 4. The minimum Gasteiger partial charge on any atom is -0.454 e. The molecule has 0 bridgehead atoms. The SMILES string of the molecule is O=c1[nH]c(=Cc2ccc3c(c2)OCO3)c(=O)[nH]c1=Cc1ccccc1. The van der Waals surface area contributed by atoms with Crippen LogP contribution in [-0.4, -0.2) is 16.8 Å². The van der Waals surface area contributed by atoms with Crippen LogP contribution >= 0.6 is 0 Å². The van der Waals surface area contributed by atoms with Gasteiger partial charge in [-0.25, -0.2) is 0 Å². The van der Waals surface area contributed by atoms with E-state index in [0.29, 0.717) is 11.5 Å². The number of rotatable bonds is 2. The summed E-state index contributed by atoms with van der Waals surface area (Å²) in [4.78, 5) is 29.8. The number of nitrogens with one attached hydrogen (secondary N) is 2. The van der Waals surface area contributed by atoms with Crippen molar-refractivity contribution in [2.75, 3.05) is 6.79 Å². The van der Waals surface area contributed by atoms with E-state index >= 15 is 0 Å². The largest absolute Gasteiger partial charge is 0.454 e. The second-order valence-electron chi connectivity index (χ2n) is 5.55. The molecule has 0 unspecified atom stereocenters. The smallest absolute Gasteiger partial charge is 0.272 e. The highest BCUT2D eigenvalue weighted by Gasteiger charge is 2.12. The van der Waals surface area contributed by atoms with Gasteiger partial charge < -0.3 is 19.4 Å². The highest BCUT2D eigenvalue weighted by Crippen LogP contribution is 2.32. The molecule has 6 heteroatoms. The average Bonchev–Trinajstić information content (AvgIpc) is 3.08. The summed E-state index contributed by atoms with van der Waals surface area (Å²) in [6, 6.07) is 14.6. The monoisotopic (exact) mass is 334 g/mol. The van der Waals surface area contributed by atoms with Crippen molar-refractivity contribution in [3.05, 3.63) is 91.1 Å². The Morgan fingerprint density at radius 1 is 0.760 bits per heavy atom. The van der Waals surface area contributed by atoms with Gasteiger partial charge in [-0.15, -0.1) is 0 Å². The fourth-order valence-corrected chi connectivity index (χ4v) is 2.58. The van der Waals surface area contributed by atoms with E-state index in [-0.39, 0.29) is 28.6 Å². The highest BCUT2D eigenvalue weighted by molar-refractivity contribution is 5.56. The second kappa shape index (κ2) is 6.16. The molecule has 0 spiro atoms. The predicted molar refractivity (Wildman–Crippen MR) is 93.1 cm³/mol. The van der Waals surface area contributed by atoms with Crippen LogP contribution < -0.4 is 31.3 Å². The van der Waals surface area contributed by atoms with Gasteiger partial charge in [0.25, 0.3) is 11.1 Å². The molecular formula is C19H14N2O4. The normalized spacial score (nSPS) is 14.1. The Hall–Kier alpha value is -3.54. The molecule has 0 saturated heterocycles. The molecule has 2 heterocycles. The van der Waals surface area contributed by atoms with Crippen LogP contribution in [0.15, 0.2) is 58.1 Å². The van der Waals surface area contributed by atoms with E-state index in [1.165, 1.54) is 0 Å². The van der Waals surface area contributed by atoms with Crippen molar-refractivity contribution in [3.8, 4) is 11.5 Å². The summed E-state index contributed by atoms with van der Waals surface area (Å²) in [5.74, 6) is 1.27. The fraction of sp³-hybridized carbons (Fsp3) is 0.0526. The fourth-order valence-electron chi connectivity index (χ4n) is 2.58. The molecule has 2 N–H and O–H groups in total. The number of benzene rings is 2. The molecule has 0 fully saturated rings. The Morgan fingerprint density at radius 3 is 2.12 bits per heavy atom. The molecule has 1 aliphatic rings. The quantitative estimate of drug-likeness (QED) is 0.713. The Labute approximate surface area is 141 Å². The summed E-state index contributed by atoms with van der Waals surface area (Å²) in [7, 11) is 0. The number of H-pyrrole nitrogens is 2. The van der Waals surface area contributed by atoms with Crippen LogP contribution in [0, 0.1) is 0 Å². The number of aromatic amines is 2. The van der Waals surface area contributed by atoms with Gasteiger partial charge in [0.1, 0.15) is 10.7 Å². The summed E-state index contributed by atoms with van der Waals surface area (Å²) >= 11 is 0. The van der Waals surface area contributed by atoms with E-state index in [9.17, 15) is 9.59 Å². The third-order valence-corrected chi connectivity index (χ3v) is 3.80. The zero-order valence-corrected chi connectivity index (χ0v) is 13.1. The third kappa shape index (κ3) is 3.10. The summed E-state index contributed by atoms with van der Waals surface area (Å²) in [6.07, 6.45) is 3.22. The van der Waals surface area contributed by atoms with E-state index in [0.717, 1.165) is 11.1 Å². The number of fused-ring (bicyclic) bond motifs is 1. The minimum absolute atomic E-state index is 0.175.